The van der Waals surface area contributed by atoms with Crippen LogP contribution in [-0.2, 0) is 0 Å². The third kappa shape index (κ3) is 4.80. The van der Waals surface area contributed by atoms with E-state index in [9.17, 15) is 0 Å². The van der Waals surface area contributed by atoms with E-state index in [1.165, 1.54) is 18.4 Å². The lowest BCUT2D eigenvalue weighted by Gasteiger charge is -2.20. The van der Waals surface area contributed by atoms with Crippen LogP contribution in [0.4, 0.5) is 0 Å². The average Bonchev–Trinajstić information content (AvgIpc) is 2.67. The van der Waals surface area contributed by atoms with E-state index in [0.29, 0.717) is 12.1 Å². The topological polar surface area (TPSA) is 12.0 Å². The molecule has 0 amide bonds. The Hall–Kier alpha value is -0.340. The summed E-state index contributed by atoms with van der Waals surface area (Å²) in [5.41, 5.74) is 1.41. The summed E-state index contributed by atoms with van der Waals surface area (Å²) in [6.45, 7) is 9.10. The largest absolute Gasteiger partial charge is 0.308 e. The van der Waals surface area contributed by atoms with Gasteiger partial charge in [-0.25, -0.2) is 0 Å². The number of thiophene rings is 1. The summed E-state index contributed by atoms with van der Waals surface area (Å²) in [7, 11) is 0. The van der Waals surface area contributed by atoms with Crippen LogP contribution in [0.5, 0.6) is 0 Å². The molecule has 0 saturated carbocycles. The first kappa shape index (κ1) is 12.7. The van der Waals surface area contributed by atoms with Gasteiger partial charge >= 0.3 is 0 Å². The van der Waals surface area contributed by atoms with E-state index in [1.54, 1.807) is 11.3 Å². The van der Waals surface area contributed by atoms with Crippen LogP contribution in [0.15, 0.2) is 16.8 Å². The first-order valence-electron chi connectivity index (χ1n) is 5.87. The second-order valence-corrected chi connectivity index (χ2v) is 5.60. The van der Waals surface area contributed by atoms with E-state index < -0.39 is 0 Å². The molecule has 0 saturated heterocycles. The van der Waals surface area contributed by atoms with Gasteiger partial charge in [-0.3, -0.25) is 0 Å². The fraction of sp³-hybridized carbons (Fsp3) is 0.692. The summed E-state index contributed by atoms with van der Waals surface area (Å²) < 4.78 is 0. The molecule has 0 aliphatic heterocycles. The minimum Gasteiger partial charge on any atom is -0.308 e. The van der Waals surface area contributed by atoms with Crippen molar-refractivity contribution in [3.05, 3.63) is 22.4 Å². The maximum atomic E-state index is 3.64. The molecule has 0 spiro atoms. The Morgan fingerprint density at radius 1 is 1.20 bits per heavy atom. The zero-order valence-corrected chi connectivity index (χ0v) is 11.1. The summed E-state index contributed by atoms with van der Waals surface area (Å²) in [5, 5.41) is 8.02. The van der Waals surface area contributed by atoms with E-state index in [4.69, 9.17) is 0 Å². The van der Waals surface area contributed by atoms with Crippen LogP contribution >= 0.6 is 11.3 Å². The SMILES string of the molecule is CC(C)CCC(C)NC(C)c1ccsc1. The molecule has 1 nitrogen and oxygen atoms in total. The van der Waals surface area contributed by atoms with Gasteiger partial charge in [0.2, 0.25) is 0 Å². The highest BCUT2D eigenvalue weighted by Crippen LogP contribution is 2.17. The van der Waals surface area contributed by atoms with Crippen molar-refractivity contribution in [1.82, 2.24) is 5.32 Å². The Morgan fingerprint density at radius 2 is 1.93 bits per heavy atom. The maximum absolute atomic E-state index is 3.64. The van der Waals surface area contributed by atoms with E-state index in [-0.39, 0.29) is 0 Å². The standard InChI is InChI=1S/C13H23NS/c1-10(2)5-6-11(3)14-12(4)13-7-8-15-9-13/h7-12,14H,5-6H2,1-4H3. The second kappa shape index (κ2) is 6.29. The summed E-state index contributed by atoms with van der Waals surface area (Å²) in [6, 6.07) is 3.30. The number of nitrogens with one attached hydrogen (secondary N) is 1. The van der Waals surface area contributed by atoms with Gasteiger partial charge in [-0.05, 0) is 55.0 Å². The predicted octanol–water partition coefficient (Wildman–Crippen LogP) is 4.22. The molecular formula is C13H23NS. The van der Waals surface area contributed by atoms with Crippen molar-refractivity contribution in [2.75, 3.05) is 0 Å². The van der Waals surface area contributed by atoms with E-state index in [1.807, 2.05) is 0 Å². The van der Waals surface area contributed by atoms with E-state index in [2.05, 4.69) is 49.8 Å². The minimum absolute atomic E-state index is 0.485. The molecule has 1 aromatic rings. The molecule has 1 aromatic heterocycles. The molecule has 1 N–H and O–H groups in total. The molecule has 1 heterocycles. The van der Waals surface area contributed by atoms with Gasteiger partial charge in [-0.1, -0.05) is 13.8 Å². The van der Waals surface area contributed by atoms with Crippen LogP contribution < -0.4 is 5.32 Å². The molecule has 0 aliphatic carbocycles. The normalized spacial score (nSPS) is 15.5. The van der Waals surface area contributed by atoms with Crippen molar-refractivity contribution >= 4 is 11.3 Å². The van der Waals surface area contributed by atoms with E-state index in [0.717, 1.165) is 5.92 Å². The highest BCUT2D eigenvalue weighted by atomic mass is 32.1. The summed E-state index contributed by atoms with van der Waals surface area (Å²) in [4.78, 5) is 0. The fourth-order valence-electron chi connectivity index (χ4n) is 1.71. The molecule has 2 unspecified atom stereocenters. The van der Waals surface area contributed by atoms with Crippen molar-refractivity contribution < 1.29 is 0 Å². The van der Waals surface area contributed by atoms with Crippen LogP contribution in [0.2, 0.25) is 0 Å². The van der Waals surface area contributed by atoms with Gasteiger partial charge in [0, 0.05) is 12.1 Å². The molecule has 0 aromatic carbocycles. The molecule has 86 valence electrons. The van der Waals surface area contributed by atoms with Gasteiger partial charge in [0.05, 0.1) is 0 Å². The molecule has 1 rings (SSSR count). The van der Waals surface area contributed by atoms with Crippen LogP contribution in [0.3, 0.4) is 0 Å². The second-order valence-electron chi connectivity index (χ2n) is 4.82. The van der Waals surface area contributed by atoms with Gasteiger partial charge in [-0.2, -0.15) is 11.3 Å². The van der Waals surface area contributed by atoms with Crippen molar-refractivity contribution in [3.63, 3.8) is 0 Å². The molecule has 15 heavy (non-hydrogen) atoms. The maximum Gasteiger partial charge on any atom is 0.0302 e. The third-order valence-corrected chi connectivity index (χ3v) is 3.46. The molecule has 0 aliphatic rings. The first-order valence-corrected chi connectivity index (χ1v) is 6.82. The van der Waals surface area contributed by atoms with Gasteiger partial charge < -0.3 is 5.32 Å². The monoisotopic (exact) mass is 225 g/mol. The summed E-state index contributed by atoms with van der Waals surface area (Å²) >= 11 is 1.77. The predicted molar refractivity (Wildman–Crippen MR) is 69.4 cm³/mol. The molecule has 0 bridgehead atoms. The third-order valence-electron chi connectivity index (χ3n) is 2.75. The van der Waals surface area contributed by atoms with Gasteiger partial charge in [0.25, 0.3) is 0 Å². The van der Waals surface area contributed by atoms with Gasteiger partial charge in [-0.15, -0.1) is 0 Å². The van der Waals surface area contributed by atoms with Crippen molar-refractivity contribution in [3.8, 4) is 0 Å². The van der Waals surface area contributed by atoms with Crippen LogP contribution in [0, 0.1) is 5.92 Å². The molecule has 2 heteroatoms. The summed E-state index contributed by atoms with van der Waals surface area (Å²) in [5.74, 6) is 0.811. The van der Waals surface area contributed by atoms with Crippen LogP contribution in [-0.4, -0.2) is 6.04 Å². The van der Waals surface area contributed by atoms with Crippen LogP contribution in [0.1, 0.15) is 52.1 Å². The Bertz CT molecular complexity index is 254. The first-order chi connectivity index (χ1) is 7.09. The van der Waals surface area contributed by atoms with Crippen molar-refractivity contribution in [2.24, 2.45) is 5.92 Å². The van der Waals surface area contributed by atoms with Gasteiger partial charge in [0.15, 0.2) is 0 Å². The smallest absolute Gasteiger partial charge is 0.0302 e. The Labute approximate surface area is 97.9 Å². The lowest BCUT2D eigenvalue weighted by Crippen LogP contribution is -2.28. The van der Waals surface area contributed by atoms with E-state index >= 15 is 0 Å². The minimum atomic E-state index is 0.485. The number of hydrogen-bond donors (Lipinski definition) is 1. The van der Waals surface area contributed by atoms with Crippen LogP contribution in [0.25, 0.3) is 0 Å². The molecule has 0 radical (unpaired) electrons. The number of hydrogen-bond acceptors (Lipinski definition) is 2. The zero-order chi connectivity index (χ0) is 11.3. The fourth-order valence-corrected chi connectivity index (χ4v) is 2.47. The quantitative estimate of drug-likeness (QED) is 0.764. The highest BCUT2D eigenvalue weighted by molar-refractivity contribution is 7.07. The number of rotatable bonds is 6. The lowest BCUT2D eigenvalue weighted by molar-refractivity contribution is 0.417. The molecule has 2 atom stereocenters. The molecular weight excluding hydrogens is 202 g/mol. The highest BCUT2D eigenvalue weighted by Gasteiger charge is 2.09. The van der Waals surface area contributed by atoms with Crippen molar-refractivity contribution in [2.45, 2.75) is 52.6 Å². The Kier molecular flexibility index (Phi) is 5.34. The zero-order valence-electron chi connectivity index (χ0n) is 10.3. The lowest BCUT2D eigenvalue weighted by atomic mass is 10.0. The Morgan fingerprint density at radius 3 is 2.47 bits per heavy atom. The van der Waals surface area contributed by atoms with Gasteiger partial charge in [0.1, 0.15) is 0 Å². The summed E-state index contributed by atoms with van der Waals surface area (Å²) in [6.07, 6.45) is 2.58. The van der Waals surface area contributed by atoms with Crippen molar-refractivity contribution in [1.29, 1.82) is 0 Å². The Balaban J connectivity index is 2.28. The molecule has 0 fully saturated rings. The average molecular weight is 225 g/mol.